The Morgan fingerprint density at radius 3 is 2.70 bits per heavy atom. The Morgan fingerprint density at radius 1 is 1.06 bits per heavy atom. The Bertz CT molecular complexity index is 1160. The second-order valence-electron chi connectivity index (χ2n) is 8.96. The SMILES string of the molecule is COc1ccc2c(c1O)CCN1C[C@H](c3cccc(C)c3)C(=NOCc3ccccc3)C[C@@H]21. The Balaban J connectivity index is 1.46. The number of nitrogens with zero attached hydrogens (tertiary/aromatic N) is 2. The minimum absolute atomic E-state index is 0.172. The number of aryl methyl sites for hydroxylation is 1. The first-order valence-corrected chi connectivity index (χ1v) is 11.6. The summed E-state index contributed by atoms with van der Waals surface area (Å²) in [5.74, 6) is 0.996. The molecule has 2 aliphatic heterocycles. The van der Waals surface area contributed by atoms with Gasteiger partial charge in [0.05, 0.1) is 12.8 Å². The molecule has 2 atom stereocenters. The third-order valence-electron chi connectivity index (χ3n) is 6.87. The van der Waals surface area contributed by atoms with Crippen LogP contribution in [0, 0.1) is 6.92 Å². The number of hydrogen-bond donors (Lipinski definition) is 1. The lowest BCUT2D eigenvalue weighted by Crippen LogP contribution is -2.45. The number of phenols is 1. The summed E-state index contributed by atoms with van der Waals surface area (Å²) in [5, 5.41) is 15.4. The quantitative estimate of drug-likeness (QED) is 0.540. The van der Waals surface area contributed by atoms with Crippen molar-refractivity contribution in [3.05, 3.63) is 94.5 Å². The van der Waals surface area contributed by atoms with Gasteiger partial charge in [0.25, 0.3) is 0 Å². The molecule has 0 unspecified atom stereocenters. The molecule has 5 heteroatoms. The van der Waals surface area contributed by atoms with Crippen molar-refractivity contribution in [2.45, 2.75) is 38.3 Å². The monoisotopic (exact) mass is 442 g/mol. The summed E-state index contributed by atoms with van der Waals surface area (Å²) in [5.41, 5.74) is 6.85. The van der Waals surface area contributed by atoms with Crippen molar-refractivity contribution in [1.29, 1.82) is 0 Å². The molecular weight excluding hydrogens is 412 g/mol. The summed E-state index contributed by atoms with van der Waals surface area (Å²) in [6.45, 7) is 4.37. The van der Waals surface area contributed by atoms with E-state index in [0.29, 0.717) is 12.4 Å². The average Bonchev–Trinajstić information content (AvgIpc) is 2.84. The van der Waals surface area contributed by atoms with Crippen molar-refractivity contribution < 1.29 is 14.7 Å². The summed E-state index contributed by atoms with van der Waals surface area (Å²) in [6.07, 6.45) is 1.58. The highest BCUT2D eigenvalue weighted by molar-refractivity contribution is 5.92. The van der Waals surface area contributed by atoms with Crippen LogP contribution in [0.3, 0.4) is 0 Å². The molecule has 33 heavy (non-hydrogen) atoms. The van der Waals surface area contributed by atoms with Crippen molar-refractivity contribution in [2.24, 2.45) is 5.16 Å². The fraction of sp³-hybridized carbons (Fsp3) is 0.321. The second-order valence-corrected chi connectivity index (χ2v) is 8.96. The molecule has 170 valence electrons. The number of methoxy groups -OCH3 is 1. The van der Waals surface area contributed by atoms with Crippen LogP contribution in [-0.4, -0.2) is 35.9 Å². The van der Waals surface area contributed by atoms with Gasteiger partial charge in [-0.25, -0.2) is 0 Å². The highest BCUT2D eigenvalue weighted by Gasteiger charge is 2.39. The third-order valence-corrected chi connectivity index (χ3v) is 6.87. The molecule has 0 radical (unpaired) electrons. The van der Waals surface area contributed by atoms with E-state index in [-0.39, 0.29) is 17.7 Å². The van der Waals surface area contributed by atoms with Crippen LogP contribution in [0.25, 0.3) is 0 Å². The first-order valence-electron chi connectivity index (χ1n) is 11.6. The molecule has 5 rings (SSSR count). The van der Waals surface area contributed by atoms with E-state index in [0.717, 1.165) is 48.3 Å². The zero-order valence-electron chi connectivity index (χ0n) is 19.2. The van der Waals surface area contributed by atoms with E-state index in [1.807, 2.05) is 36.4 Å². The molecule has 5 nitrogen and oxygen atoms in total. The maximum Gasteiger partial charge on any atom is 0.161 e. The molecule has 3 aromatic rings. The van der Waals surface area contributed by atoms with Crippen LogP contribution in [0.1, 0.15) is 46.2 Å². The molecule has 2 heterocycles. The highest BCUT2D eigenvalue weighted by Crippen LogP contribution is 2.45. The lowest BCUT2D eigenvalue weighted by atomic mass is 9.79. The average molecular weight is 443 g/mol. The van der Waals surface area contributed by atoms with Crippen LogP contribution in [0.15, 0.2) is 71.9 Å². The normalized spacial score (nSPS) is 21.3. The van der Waals surface area contributed by atoms with Gasteiger partial charge in [0.15, 0.2) is 11.5 Å². The van der Waals surface area contributed by atoms with Crippen molar-refractivity contribution in [3.63, 3.8) is 0 Å². The number of oxime groups is 1. The third kappa shape index (κ3) is 4.33. The minimum atomic E-state index is 0.172. The van der Waals surface area contributed by atoms with Crippen LogP contribution >= 0.6 is 0 Å². The van der Waals surface area contributed by atoms with Crippen molar-refractivity contribution in [3.8, 4) is 11.5 Å². The molecule has 2 aliphatic rings. The van der Waals surface area contributed by atoms with E-state index in [1.165, 1.54) is 11.1 Å². The van der Waals surface area contributed by atoms with Crippen LogP contribution in [0.2, 0.25) is 0 Å². The fourth-order valence-electron chi connectivity index (χ4n) is 5.17. The first kappa shape index (κ1) is 21.5. The Morgan fingerprint density at radius 2 is 1.91 bits per heavy atom. The number of hydrogen-bond acceptors (Lipinski definition) is 5. The topological polar surface area (TPSA) is 54.3 Å². The lowest BCUT2D eigenvalue weighted by molar-refractivity contribution is 0.120. The van der Waals surface area contributed by atoms with E-state index >= 15 is 0 Å². The number of benzene rings is 3. The molecule has 1 saturated heterocycles. The summed E-state index contributed by atoms with van der Waals surface area (Å²) >= 11 is 0. The molecule has 0 spiro atoms. The highest BCUT2D eigenvalue weighted by atomic mass is 16.6. The number of aromatic hydroxyl groups is 1. The largest absolute Gasteiger partial charge is 0.504 e. The van der Waals surface area contributed by atoms with Gasteiger partial charge in [-0.3, -0.25) is 4.90 Å². The Labute approximate surface area is 195 Å². The fourth-order valence-corrected chi connectivity index (χ4v) is 5.17. The predicted octanol–water partition coefficient (Wildman–Crippen LogP) is 5.37. The Kier molecular flexibility index (Phi) is 6.05. The van der Waals surface area contributed by atoms with E-state index in [9.17, 15) is 5.11 Å². The van der Waals surface area contributed by atoms with Gasteiger partial charge in [0.1, 0.15) is 6.61 Å². The summed E-state index contributed by atoms with van der Waals surface area (Å²) in [7, 11) is 1.60. The van der Waals surface area contributed by atoms with E-state index in [2.05, 4.69) is 47.3 Å². The van der Waals surface area contributed by atoms with Crippen LogP contribution < -0.4 is 4.74 Å². The van der Waals surface area contributed by atoms with Crippen LogP contribution in [0.4, 0.5) is 0 Å². The minimum Gasteiger partial charge on any atom is -0.504 e. The molecule has 0 aromatic heterocycles. The zero-order valence-corrected chi connectivity index (χ0v) is 19.2. The van der Waals surface area contributed by atoms with Crippen LogP contribution in [0.5, 0.6) is 11.5 Å². The van der Waals surface area contributed by atoms with Gasteiger partial charge in [-0.15, -0.1) is 0 Å². The predicted molar refractivity (Wildman–Crippen MR) is 130 cm³/mol. The molecule has 0 saturated carbocycles. The number of ether oxygens (including phenoxy) is 1. The van der Waals surface area contributed by atoms with Gasteiger partial charge in [-0.2, -0.15) is 0 Å². The first-order chi connectivity index (χ1) is 16.1. The molecule has 1 N–H and O–H groups in total. The van der Waals surface area contributed by atoms with Gasteiger partial charge in [-0.1, -0.05) is 71.4 Å². The molecular formula is C28H30N2O3. The number of piperidine rings is 1. The lowest BCUT2D eigenvalue weighted by Gasteiger charge is -2.44. The molecule has 0 aliphatic carbocycles. The Hall–Kier alpha value is -3.31. The summed E-state index contributed by atoms with van der Waals surface area (Å²) in [4.78, 5) is 8.39. The van der Waals surface area contributed by atoms with Crippen molar-refractivity contribution in [1.82, 2.24) is 4.90 Å². The van der Waals surface area contributed by atoms with Crippen molar-refractivity contribution in [2.75, 3.05) is 20.2 Å². The van der Waals surface area contributed by atoms with Gasteiger partial charge in [0.2, 0.25) is 0 Å². The zero-order chi connectivity index (χ0) is 22.8. The molecule has 1 fully saturated rings. The van der Waals surface area contributed by atoms with Gasteiger partial charge >= 0.3 is 0 Å². The number of fused-ring (bicyclic) bond motifs is 3. The standard InChI is InChI=1S/C28H30N2O3/c1-19-7-6-10-21(15-19)24-17-30-14-13-23-22(11-12-27(32-2)28(23)31)26(30)16-25(24)29-33-18-20-8-4-3-5-9-20/h3-12,15,24,26,31H,13-14,16-18H2,1-2H3/t24-,26+/m1/s1. The van der Waals surface area contributed by atoms with E-state index in [4.69, 9.17) is 9.57 Å². The molecule has 3 aromatic carbocycles. The van der Waals surface area contributed by atoms with Crippen LogP contribution in [-0.2, 0) is 17.9 Å². The van der Waals surface area contributed by atoms with E-state index in [1.54, 1.807) is 7.11 Å². The summed E-state index contributed by atoms with van der Waals surface area (Å²) in [6, 6.07) is 23.0. The van der Waals surface area contributed by atoms with E-state index < -0.39 is 0 Å². The smallest absolute Gasteiger partial charge is 0.161 e. The van der Waals surface area contributed by atoms with Gasteiger partial charge in [-0.05, 0) is 36.1 Å². The van der Waals surface area contributed by atoms with Crippen molar-refractivity contribution >= 4 is 5.71 Å². The second kappa shape index (κ2) is 9.28. The molecule has 0 amide bonds. The molecule has 0 bridgehead atoms. The maximum atomic E-state index is 10.7. The summed E-state index contributed by atoms with van der Waals surface area (Å²) < 4.78 is 5.34. The number of rotatable bonds is 5. The van der Waals surface area contributed by atoms with Gasteiger partial charge < -0.3 is 14.7 Å². The maximum absolute atomic E-state index is 10.7. The number of phenolic OH excluding ortho intramolecular Hbond substituents is 1. The van der Waals surface area contributed by atoms with Gasteiger partial charge in [0, 0.05) is 37.0 Å².